The number of phenols is 1. The fraction of sp³-hybridized carbons (Fsp3) is 0.222. The average molecular weight is 295 g/mol. The number of aromatic hydroxyl groups is 1. The van der Waals surface area contributed by atoms with Crippen LogP contribution in [0.25, 0.3) is 0 Å². The van der Waals surface area contributed by atoms with Gasteiger partial charge in [-0.25, -0.2) is 8.42 Å². The van der Waals surface area contributed by atoms with E-state index in [1.165, 1.54) is 19.1 Å². The summed E-state index contributed by atoms with van der Waals surface area (Å²) >= 11 is 11.3. The quantitative estimate of drug-likeness (QED) is 0.837. The Kier molecular flexibility index (Phi) is 4.09. The molecule has 0 aliphatic carbocycles. The lowest BCUT2D eigenvalue weighted by Gasteiger charge is -2.10. The number of benzene rings is 1. The third-order valence-corrected chi connectivity index (χ3v) is 4.06. The Morgan fingerprint density at radius 1 is 1.41 bits per heavy atom. The Morgan fingerprint density at radius 2 is 1.88 bits per heavy atom. The number of sulfonamides is 1. The zero-order valence-corrected chi connectivity index (χ0v) is 10.9. The van der Waals surface area contributed by atoms with Crippen molar-refractivity contribution in [1.82, 2.24) is 0 Å². The zero-order valence-electron chi connectivity index (χ0n) is 8.61. The predicted octanol–water partition coefficient (Wildman–Crippen LogP) is 2.35. The van der Waals surface area contributed by atoms with Crippen molar-refractivity contribution in [2.24, 2.45) is 0 Å². The second-order valence-electron chi connectivity index (χ2n) is 3.21. The summed E-state index contributed by atoms with van der Waals surface area (Å²) in [4.78, 5) is 0. The standard InChI is InChI=1S/C9H8Cl2N2O3S/c1-5(4-12)17(15,16)13-6-2-7(10)9(14)8(11)3-6/h2-3,5,13-14H,1H3. The van der Waals surface area contributed by atoms with Crippen LogP contribution in [0.1, 0.15) is 6.92 Å². The van der Waals surface area contributed by atoms with Crippen LogP contribution in [-0.2, 0) is 10.0 Å². The number of nitriles is 1. The molecular weight excluding hydrogens is 287 g/mol. The summed E-state index contributed by atoms with van der Waals surface area (Å²) in [5.74, 6) is -0.329. The topological polar surface area (TPSA) is 90.2 Å². The van der Waals surface area contributed by atoms with Crippen LogP contribution in [0.2, 0.25) is 10.0 Å². The number of phenolic OH excluding ortho intramolecular Hbond substituents is 1. The van der Waals surface area contributed by atoms with Crippen molar-refractivity contribution in [3.63, 3.8) is 0 Å². The molecule has 2 N–H and O–H groups in total. The van der Waals surface area contributed by atoms with Crippen molar-refractivity contribution in [2.75, 3.05) is 4.72 Å². The fourth-order valence-corrected chi connectivity index (χ4v) is 2.20. The number of nitrogens with zero attached hydrogens (tertiary/aromatic N) is 1. The molecule has 0 fully saturated rings. The van der Waals surface area contributed by atoms with E-state index in [1.54, 1.807) is 6.07 Å². The summed E-state index contributed by atoms with van der Waals surface area (Å²) in [5.41, 5.74) is 0.0832. The Balaban J connectivity index is 3.10. The number of nitrogens with one attached hydrogen (secondary N) is 1. The fourth-order valence-electron chi connectivity index (χ4n) is 0.946. The molecule has 1 atom stereocenters. The van der Waals surface area contributed by atoms with Crippen molar-refractivity contribution in [2.45, 2.75) is 12.2 Å². The lowest BCUT2D eigenvalue weighted by molar-refractivity contribution is 0.476. The highest BCUT2D eigenvalue weighted by Crippen LogP contribution is 2.35. The summed E-state index contributed by atoms with van der Waals surface area (Å²) in [5, 5.41) is 16.5. The van der Waals surface area contributed by atoms with Gasteiger partial charge in [-0.05, 0) is 19.1 Å². The van der Waals surface area contributed by atoms with Gasteiger partial charge in [-0.3, -0.25) is 4.72 Å². The molecule has 0 saturated heterocycles. The van der Waals surface area contributed by atoms with Gasteiger partial charge in [0.15, 0.2) is 11.0 Å². The molecule has 0 amide bonds. The largest absolute Gasteiger partial charge is 0.505 e. The number of rotatable bonds is 3. The molecule has 0 radical (unpaired) electrons. The molecule has 1 aromatic carbocycles. The molecular formula is C9H8Cl2N2O3S. The van der Waals surface area contributed by atoms with E-state index in [1.807, 2.05) is 0 Å². The van der Waals surface area contributed by atoms with Crippen LogP contribution in [0.15, 0.2) is 12.1 Å². The Hall–Kier alpha value is -1.16. The van der Waals surface area contributed by atoms with Crippen molar-refractivity contribution < 1.29 is 13.5 Å². The molecule has 1 aromatic rings. The maximum atomic E-state index is 11.6. The Bertz CT molecular complexity index is 557. The van der Waals surface area contributed by atoms with Crippen molar-refractivity contribution >= 4 is 38.9 Å². The van der Waals surface area contributed by atoms with Crippen LogP contribution in [0.5, 0.6) is 5.75 Å². The van der Waals surface area contributed by atoms with E-state index in [0.29, 0.717) is 0 Å². The van der Waals surface area contributed by atoms with Crippen molar-refractivity contribution in [3.05, 3.63) is 22.2 Å². The second kappa shape index (κ2) is 5.00. The normalized spacial score (nSPS) is 12.8. The summed E-state index contributed by atoms with van der Waals surface area (Å²) in [6.45, 7) is 1.24. The molecule has 0 aliphatic rings. The van der Waals surface area contributed by atoms with Gasteiger partial charge >= 0.3 is 0 Å². The monoisotopic (exact) mass is 294 g/mol. The molecule has 0 bridgehead atoms. The van der Waals surface area contributed by atoms with Crippen LogP contribution in [-0.4, -0.2) is 18.8 Å². The van der Waals surface area contributed by atoms with Crippen LogP contribution < -0.4 is 4.72 Å². The van der Waals surface area contributed by atoms with E-state index in [-0.39, 0.29) is 21.5 Å². The molecule has 92 valence electrons. The van der Waals surface area contributed by atoms with E-state index >= 15 is 0 Å². The predicted molar refractivity (Wildman–Crippen MR) is 65.7 cm³/mol. The van der Waals surface area contributed by atoms with Gasteiger partial charge in [0.1, 0.15) is 0 Å². The molecule has 0 saturated carbocycles. The minimum atomic E-state index is -3.82. The van der Waals surface area contributed by atoms with Gasteiger partial charge in [-0.1, -0.05) is 23.2 Å². The second-order valence-corrected chi connectivity index (χ2v) is 6.02. The van der Waals surface area contributed by atoms with Gasteiger partial charge in [0.05, 0.1) is 21.8 Å². The van der Waals surface area contributed by atoms with Gasteiger partial charge in [0.2, 0.25) is 10.0 Å². The summed E-state index contributed by atoms with van der Waals surface area (Å²) in [6, 6.07) is 4.00. The third-order valence-electron chi connectivity index (χ3n) is 1.92. The molecule has 8 heteroatoms. The minimum Gasteiger partial charge on any atom is -0.505 e. The zero-order chi connectivity index (χ0) is 13.2. The highest BCUT2D eigenvalue weighted by Gasteiger charge is 2.20. The SMILES string of the molecule is CC(C#N)S(=O)(=O)Nc1cc(Cl)c(O)c(Cl)c1. The molecule has 1 unspecified atom stereocenters. The van der Waals surface area contributed by atoms with E-state index in [0.717, 1.165) is 0 Å². The minimum absolute atomic E-state index is 0.0832. The molecule has 0 heterocycles. The Labute approximate surface area is 109 Å². The van der Waals surface area contributed by atoms with E-state index < -0.39 is 15.3 Å². The first-order valence-corrected chi connectivity index (χ1v) is 6.67. The van der Waals surface area contributed by atoms with Crippen molar-refractivity contribution in [1.29, 1.82) is 5.26 Å². The van der Waals surface area contributed by atoms with E-state index in [9.17, 15) is 13.5 Å². The van der Waals surface area contributed by atoms with E-state index in [2.05, 4.69) is 4.72 Å². The van der Waals surface area contributed by atoms with Gasteiger partial charge in [0.25, 0.3) is 0 Å². The van der Waals surface area contributed by atoms with Crippen molar-refractivity contribution in [3.8, 4) is 11.8 Å². The first-order chi connectivity index (χ1) is 7.77. The summed E-state index contributed by atoms with van der Waals surface area (Å²) < 4.78 is 25.3. The van der Waals surface area contributed by atoms with Gasteiger partial charge in [0, 0.05) is 0 Å². The number of anilines is 1. The van der Waals surface area contributed by atoms with Crippen LogP contribution in [0, 0.1) is 11.3 Å². The van der Waals surface area contributed by atoms with Gasteiger partial charge in [-0.15, -0.1) is 0 Å². The smallest absolute Gasteiger partial charge is 0.248 e. The molecule has 0 spiro atoms. The molecule has 17 heavy (non-hydrogen) atoms. The molecule has 0 aliphatic heterocycles. The number of hydrogen-bond donors (Lipinski definition) is 2. The average Bonchev–Trinajstić information content (AvgIpc) is 2.24. The molecule has 1 rings (SSSR count). The van der Waals surface area contributed by atoms with E-state index in [4.69, 9.17) is 28.5 Å². The maximum absolute atomic E-state index is 11.6. The number of hydrogen-bond acceptors (Lipinski definition) is 4. The molecule has 5 nitrogen and oxygen atoms in total. The van der Waals surface area contributed by atoms with Gasteiger partial charge < -0.3 is 5.11 Å². The first kappa shape index (κ1) is 13.9. The van der Waals surface area contributed by atoms with Gasteiger partial charge in [-0.2, -0.15) is 5.26 Å². The lowest BCUT2D eigenvalue weighted by Crippen LogP contribution is -2.23. The first-order valence-electron chi connectivity index (χ1n) is 4.37. The Morgan fingerprint density at radius 3 is 2.29 bits per heavy atom. The maximum Gasteiger partial charge on any atom is 0.248 e. The van der Waals surface area contributed by atoms with Crippen LogP contribution in [0.4, 0.5) is 5.69 Å². The third kappa shape index (κ3) is 3.16. The molecule has 0 aromatic heterocycles. The summed E-state index contributed by atoms with van der Waals surface area (Å²) in [7, 11) is -3.82. The van der Waals surface area contributed by atoms with Crippen LogP contribution >= 0.6 is 23.2 Å². The highest BCUT2D eigenvalue weighted by atomic mass is 35.5. The summed E-state index contributed by atoms with van der Waals surface area (Å²) in [6.07, 6.45) is 0. The lowest BCUT2D eigenvalue weighted by atomic mass is 10.3. The number of halogens is 2. The van der Waals surface area contributed by atoms with Crippen LogP contribution in [0.3, 0.4) is 0 Å². The highest BCUT2D eigenvalue weighted by molar-refractivity contribution is 7.93.